The van der Waals surface area contributed by atoms with Gasteiger partial charge in [-0.1, -0.05) is 34.1 Å². The number of rotatable bonds is 2. The molecule has 1 aromatic carbocycles. The van der Waals surface area contributed by atoms with Crippen molar-refractivity contribution in [3.63, 3.8) is 0 Å². The second-order valence-corrected chi connectivity index (χ2v) is 5.47. The van der Waals surface area contributed by atoms with Gasteiger partial charge in [-0.2, -0.15) is 0 Å². The third-order valence-electron chi connectivity index (χ3n) is 3.42. The maximum absolute atomic E-state index is 9.31. The van der Waals surface area contributed by atoms with E-state index in [-0.39, 0.29) is 6.61 Å². The highest BCUT2D eigenvalue weighted by atomic mass is 79.9. The molecule has 2 aromatic rings. The second kappa shape index (κ2) is 4.82. The molecule has 0 bridgehead atoms. The number of hydrogen-bond acceptors (Lipinski definition) is 3. The molecular weight excluding hydrogens is 294 g/mol. The predicted molar refractivity (Wildman–Crippen MR) is 72.1 cm³/mol. The van der Waals surface area contributed by atoms with Gasteiger partial charge in [-0.05, 0) is 12.5 Å². The van der Waals surface area contributed by atoms with Crippen LogP contribution in [0.1, 0.15) is 12.2 Å². The fraction of sp³-hybridized carbons (Fsp3) is 0.385. The van der Waals surface area contributed by atoms with Crippen LogP contribution in [0.15, 0.2) is 28.7 Å². The van der Waals surface area contributed by atoms with Gasteiger partial charge in [0.15, 0.2) is 5.82 Å². The first-order valence-corrected chi connectivity index (χ1v) is 6.86. The minimum absolute atomic E-state index is 0.229. The van der Waals surface area contributed by atoms with Crippen LogP contribution in [0.25, 0.3) is 11.4 Å². The van der Waals surface area contributed by atoms with Gasteiger partial charge in [0.25, 0.3) is 0 Å². The number of fused-ring (bicyclic) bond motifs is 1. The molecule has 0 fully saturated rings. The highest BCUT2D eigenvalue weighted by Crippen LogP contribution is 2.30. The molecule has 1 N–H and O–H groups in total. The lowest BCUT2D eigenvalue weighted by Crippen LogP contribution is -2.23. The second-order valence-electron chi connectivity index (χ2n) is 4.62. The van der Waals surface area contributed by atoms with E-state index in [1.54, 1.807) is 0 Å². The number of aliphatic hydroxyl groups excluding tert-OH is 1. The highest BCUT2D eigenvalue weighted by molar-refractivity contribution is 9.10. The Morgan fingerprint density at radius 3 is 2.94 bits per heavy atom. The van der Waals surface area contributed by atoms with Crippen molar-refractivity contribution in [3.05, 3.63) is 34.6 Å². The molecule has 94 valence electrons. The standard InChI is InChI=1S/C13H14BrN3O/c14-11-4-2-1-3-10(11)13-16-15-12-6-5-9(8-18)7-17(12)13/h1-4,9,18H,5-8H2. The minimum Gasteiger partial charge on any atom is -0.396 e. The Kier molecular flexibility index (Phi) is 3.18. The zero-order valence-electron chi connectivity index (χ0n) is 9.88. The summed E-state index contributed by atoms with van der Waals surface area (Å²) in [4.78, 5) is 0. The number of aryl methyl sites for hydroxylation is 1. The van der Waals surface area contributed by atoms with Crippen molar-refractivity contribution in [2.24, 2.45) is 5.92 Å². The average molecular weight is 308 g/mol. The van der Waals surface area contributed by atoms with Gasteiger partial charge in [-0.25, -0.2) is 0 Å². The molecule has 0 amide bonds. The summed E-state index contributed by atoms with van der Waals surface area (Å²) in [6, 6.07) is 8.01. The van der Waals surface area contributed by atoms with Crippen molar-refractivity contribution in [2.45, 2.75) is 19.4 Å². The molecule has 0 aliphatic carbocycles. The highest BCUT2D eigenvalue weighted by Gasteiger charge is 2.23. The zero-order valence-corrected chi connectivity index (χ0v) is 11.5. The van der Waals surface area contributed by atoms with Crippen molar-refractivity contribution in [2.75, 3.05) is 6.61 Å². The minimum atomic E-state index is 0.229. The summed E-state index contributed by atoms with van der Waals surface area (Å²) in [6.45, 7) is 1.03. The van der Waals surface area contributed by atoms with Crippen LogP contribution >= 0.6 is 15.9 Å². The molecule has 18 heavy (non-hydrogen) atoms. The smallest absolute Gasteiger partial charge is 0.165 e. The maximum Gasteiger partial charge on any atom is 0.165 e. The number of aliphatic hydroxyl groups is 1. The fourth-order valence-electron chi connectivity index (χ4n) is 2.39. The molecule has 2 heterocycles. The molecule has 3 rings (SSSR count). The van der Waals surface area contributed by atoms with E-state index in [9.17, 15) is 5.11 Å². The molecular formula is C13H14BrN3O. The summed E-state index contributed by atoms with van der Waals surface area (Å²) >= 11 is 3.55. The average Bonchev–Trinajstić information content (AvgIpc) is 2.82. The fourth-order valence-corrected chi connectivity index (χ4v) is 2.85. The molecule has 1 aromatic heterocycles. The maximum atomic E-state index is 9.31. The summed E-state index contributed by atoms with van der Waals surface area (Å²) in [7, 11) is 0. The zero-order chi connectivity index (χ0) is 12.5. The molecule has 0 spiro atoms. The number of aromatic nitrogens is 3. The van der Waals surface area contributed by atoms with Gasteiger partial charge < -0.3 is 9.67 Å². The van der Waals surface area contributed by atoms with Crippen LogP contribution in [0.3, 0.4) is 0 Å². The van der Waals surface area contributed by atoms with E-state index in [0.717, 1.165) is 41.1 Å². The van der Waals surface area contributed by atoms with Crippen LogP contribution in [-0.2, 0) is 13.0 Å². The summed E-state index contributed by atoms with van der Waals surface area (Å²) in [5.74, 6) is 2.22. The number of benzene rings is 1. The van der Waals surface area contributed by atoms with Crippen LogP contribution in [0.4, 0.5) is 0 Å². The largest absolute Gasteiger partial charge is 0.396 e. The Bertz CT molecular complexity index is 567. The lowest BCUT2D eigenvalue weighted by atomic mass is 10.00. The van der Waals surface area contributed by atoms with E-state index >= 15 is 0 Å². The van der Waals surface area contributed by atoms with E-state index in [1.165, 1.54) is 0 Å². The molecule has 1 atom stereocenters. The van der Waals surface area contributed by atoms with Gasteiger partial charge in [0.1, 0.15) is 5.82 Å². The van der Waals surface area contributed by atoms with E-state index in [1.807, 2.05) is 24.3 Å². The van der Waals surface area contributed by atoms with E-state index in [4.69, 9.17) is 0 Å². The van der Waals surface area contributed by atoms with Crippen molar-refractivity contribution in [3.8, 4) is 11.4 Å². The van der Waals surface area contributed by atoms with Crippen molar-refractivity contribution in [1.82, 2.24) is 14.8 Å². The van der Waals surface area contributed by atoms with Crippen LogP contribution < -0.4 is 0 Å². The molecule has 5 heteroatoms. The van der Waals surface area contributed by atoms with Crippen LogP contribution in [0, 0.1) is 5.92 Å². The normalized spacial score (nSPS) is 18.7. The lowest BCUT2D eigenvalue weighted by Gasteiger charge is -2.22. The molecule has 1 unspecified atom stereocenters. The first-order chi connectivity index (χ1) is 8.79. The molecule has 4 nitrogen and oxygen atoms in total. The third-order valence-corrected chi connectivity index (χ3v) is 4.11. The van der Waals surface area contributed by atoms with E-state index in [2.05, 4.69) is 30.7 Å². The first kappa shape index (κ1) is 11.9. The molecule has 0 saturated carbocycles. The monoisotopic (exact) mass is 307 g/mol. The van der Waals surface area contributed by atoms with Crippen molar-refractivity contribution in [1.29, 1.82) is 0 Å². The van der Waals surface area contributed by atoms with Gasteiger partial charge in [0.2, 0.25) is 0 Å². The summed E-state index contributed by atoms with van der Waals surface area (Å²) < 4.78 is 3.15. The van der Waals surface area contributed by atoms with Crippen molar-refractivity contribution >= 4 is 15.9 Å². The van der Waals surface area contributed by atoms with E-state index < -0.39 is 0 Å². The summed E-state index contributed by atoms with van der Waals surface area (Å²) in [5.41, 5.74) is 1.05. The Morgan fingerprint density at radius 2 is 2.17 bits per heavy atom. The lowest BCUT2D eigenvalue weighted by molar-refractivity contribution is 0.191. The Labute approximate surface area is 114 Å². The van der Waals surface area contributed by atoms with E-state index in [0.29, 0.717) is 5.92 Å². The molecule has 0 saturated heterocycles. The molecule has 1 aliphatic rings. The van der Waals surface area contributed by atoms with Gasteiger partial charge in [0.05, 0.1) is 0 Å². The third kappa shape index (κ3) is 1.97. The van der Waals surface area contributed by atoms with Gasteiger partial charge >= 0.3 is 0 Å². The predicted octanol–water partition coefficient (Wildman–Crippen LogP) is 2.26. The van der Waals surface area contributed by atoms with Gasteiger partial charge in [0, 0.05) is 35.5 Å². The van der Waals surface area contributed by atoms with Gasteiger partial charge in [-0.3, -0.25) is 0 Å². The first-order valence-electron chi connectivity index (χ1n) is 6.07. The van der Waals surface area contributed by atoms with Gasteiger partial charge in [-0.15, -0.1) is 10.2 Å². The topological polar surface area (TPSA) is 50.9 Å². The van der Waals surface area contributed by atoms with Crippen LogP contribution in [0.2, 0.25) is 0 Å². The number of hydrogen-bond donors (Lipinski definition) is 1. The number of nitrogens with zero attached hydrogens (tertiary/aromatic N) is 3. The summed E-state index contributed by atoms with van der Waals surface area (Å²) in [6.07, 6.45) is 1.88. The molecule has 1 aliphatic heterocycles. The molecule has 0 radical (unpaired) electrons. The Morgan fingerprint density at radius 1 is 1.33 bits per heavy atom. The van der Waals surface area contributed by atoms with Crippen molar-refractivity contribution < 1.29 is 5.11 Å². The van der Waals surface area contributed by atoms with Crippen LogP contribution in [-0.4, -0.2) is 26.5 Å². The number of halogens is 1. The Balaban J connectivity index is 2.05. The quantitative estimate of drug-likeness (QED) is 0.926. The Hall–Kier alpha value is -1.20. The summed E-state index contributed by atoms with van der Waals surface area (Å²) in [5, 5.41) is 17.9. The SMILES string of the molecule is OCC1CCc2nnc(-c3ccccc3Br)n2C1. The van der Waals surface area contributed by atoms with Crippen LogP contribution in [0.5, 0.6) is 0 Å².